The zero-order chi connectivity index (χ0) is 17.1. The van der Waals surface area contributed by atoms with Gasteiger partial charge in [-0.15, -0.1) is 0 Å². The van der Waals surface area contributed by atoms with Crippen LogP contribution in [0.3, 0.4) is 0 Å². The number of aromatic nitrogens is 2. The zero-order valence-corrected chi connectivity index (χ0v) is 14.0. The molecule has 0 aliphatic carbocycles. The van der Waals surface area contributed by atoms with Crippen LogP contribution in [0.25, 0.3) is 0 Å². The molecular formula is C20H21N3O2. The number of aliphatic hydroxyl groups is 1. The van der Waals surface area contributed by atoms with Gasteiger partial charge in [0.1, 0.15) is 0 Å². The van der Waals surface area contributed by atoms with Gasteiger partial charge < -0.3 is 9.63 Å². The van der Waals surface area contributed by atoms with Crippen molar-refractivity contribution in [3.8, 4) is 0 Å². The van der Waals surface area contributed by atoms with Gasteiger partial charge in [0.25, 0.3) is 0 Å². The van der Waals surface area contributed by atoms with Crippen LogP contribution in [-0.2, 0) is 19.4 Å². The highest BCUT2D eigenvalue weighted by Gasteiger charge is 2.27. The van der Waals surface area contributed by atoms with Crippen molar-refractivity contribution in [3.05, 3.63) is 83.0 Å². The molecule has 2 aromatic carbocycles. The molecule has 0 radical (unpaired) electrons. The molecule has 1 unspecified atom stereocenters. The predicted molar refractivity (Wildman–Crippen MR) is 93.9 cm³/mol. The molecule has 1 aliphatic heterocycles. The van der Waals surface area contributed by atoms with E-state index in [1.54, 1.807) is 0 Å². The maximum absolute atomic E-state index is 9.88. The fourth-order valence-electron chi connectivity index (χ4n) is 3.48. The summed E-state index contributed by atoms with van der Waals surface area (Å²) in [6, 6.07) is 18.4. The molecule has 0 saturated heterocycles. The highest BCUT2D eigenvalue weighted by molar-refractivity contribution is 5.32. The summed E-state index contributed by atoms with van der Waals surface area (Å²) >= 11 is 0. The van der Waals surface area contributed by atoms with Crippen molar-refractivity contribution in [1.29, 1.82) is 0 Å². The monoisotopic (exact) mass is 335 g/mol. The highest BCUT2D eigenvalue weighted by atomic mass is 16.5. The van der Waals surface area contributed by atoms with Crippen LogP contribution in [0.4, 0.5) is 0 Å². The summed E-state index contributed by atoms with van der Waals surface area (Å²) in [4.78, 5) is 6.73. The fourth-order valence-corrected chi connectivity index (χ4v) is 3.48. The molecule has 1 aromatic heterocycles. The van der Waals surface area contributed by atoms with E-state index < -0.39 is 0 Å². The lowest BCUT2D eigenvalue weighted by molar-refractivity contribution is 0.0971. The Morgan fingerprint density at radius 1 is 1.08 bits per heavy atom. The lowest BCUT2D eigenvalue weighted by Gasteiger charge is -2.35. The molecule has 0 spiro atoms. The van der Waals surface area contributed by atoms with Gasteiger partial charge in [0, 0.05) is 13.0 Å². The molecule has 25 heavy (non-hydrogen) atoms. The minimum atomic E-state index is -0.0191. The van der Waals surface area contributed by atoms with Gasteiger partial charge in [-0.1, -0.05) is 59.8 Å². The van der Waals surface area contributed by atoms with E-state index in [9.17, 15) is 5.11 Å². The van der Waals surface area contributed by atoms with Gasteiger partial charge in [0.2, 0.25) is 5.89 Å². The van der Waals surface area contributed by atoms with E-state index in [1.165, 1.54) is 11.1 Å². The van der Waals surface area contributed by atoms with Gasteiger partial charge >= 0.3 is 0 Å². The topological polar surface area (TPSA) is 62.4 Å². The Balaban J connectivity index is 1.47. The normalized spacial score (nSPS) is 17.4. The Morgan fingerprint density at radius 2 is 1.88 bits per heavy atom. The largest absolute Gasteiger partial charge is 0.394 e. The fraction of sp³-hybridized carbons (Fsp3) is 0.300. The molecule has 0 bridgehead atoms. The van der Waals surface area contributed by atoms with Crippen molar-refractivity contribution in [3.63, 3.8) is 0 Å². The number of aliphatic hydroxyl groups excluding tert-OH is 1. The second-order valence-electron chi connectivity index (χ2n) is 6.38. The number of hydrogen-bond acceptors (Lipinski definition) is 5. The third kappa shape index (κ3) is 3.48. The third-order valence-electron chi connectivity index (χ3n) is 4.75. The van der Waals surface area contributed by atoms with Crippen molar-refractivity contribution < 1.29 is 9.63 Å². The SMILES string of the molecule is OCC1c2ccccc2CCN1Cc1nc(Cc2ccccc2)no1. The minimum Gasteiger partial charge on any atom is -0.394 e. The maximum atomic E-state index is 9.88. The number of benzene rings is 2. The van der Waals surface area contributed by atoms with Crippen LogP contribution in [0.2, 0.25) is 0 Å². The standard InChI is InChI=1S/C20H21N3O2/c24-14-18-17-9-5-4-8-16(17)10-11-23(18)13-20-21-19(22-25-20)12-15-6-2-1-3-7-15/h1-9,18,24H,10-14H2. The molecule has 5 nitrogen and oxygen atoms in total. The molecule has 5 heteroatoms. The van der Waals surface area contributed by atoms with Crippen LogP contribution in [-0.4, -0.2) is 33.3 Å². The zero-order valence-electron chi connectivity index (χ0n) is 14.0. The van der Waals surface area contributed by atoms with Gasteiger partial charge in [-0.2, -0.15) is 4.98 Å². The number of rotatable bonds is 5. The molecule has 3 aromatic rings. The first-order valence-corrected chi connectivity index (χ1v) is 8.61. The Kier molecular flexibility index (Phi) is 4.59. The van der Waals surface area contributed by atoms with E-state index in [1.807, 2.05) is 24.3 Å². The molecule has 0 saturated carbocycles. The van der Waals surface area contributed by atoms with Crippen LogP contribution in [0.15, 0.2) is 59.1 Å². The van der Waals surface area contributed by atoms with Gasteiger partial charge in [0.15, 0.2) is 5.82 Å². The van der Waals surface area contributed by atoms with E-state index >= 15 is 0 Å². The van der Waals surface area contributed by atoms with E-state index in [-0.39, 0.29) is 12.6 Å². The summed E-state index contributed by atoms with van der Waals surface area (Å²) in [5.74, 6) is 1.29. The molecule has 1 atom stereocenters. The highest BCUT2D eigenvalue weighted by Crippen LogP contribution is 2.30. The molecule has 2 heterocycles. The van der Waals surface area contributed by atoms with Crippen LogP contribution in [0, 0.1) is 0 Å². The Labute approximate surface area is 146 Å². The average Bonchev–Trinajstić information content (AvgIpc) is 3.09. The van der Waals surface area contributed by atoms with Gasteiger partial charge in [-0.25, -0.2) is 0 Å². The van der Waals surface area contributed by atoms with Crippen LogP contribution < -0.4 is 0 Å². The van der Waals surface area contributed by atoms with Crippen molar-refractivity contribution in [2.45, 2.75) is 25.4 Å². The first kappa shape index (κ1) is 16.0. The predicted octanol–water partition coefficient (Wildman–Crippen LogP) is 2.75. The Bertz CT molecular complexity index is 832. The summed E-state index contributed by atoms with van der Waals surface area (Å²) in [6.45, 7) is 1.52. The van der Waals surface area contributed by atoms with Crippen molar-refractivity contribution in [2.24, 2.45) is 0 Å². The molecule has 0 amide bonds. The van der Waals surface area contributed by atoms with Crippen molar-refractivity contribution in [1.82, 2.24) is 15.0 Å². The van der Waals surface area contributed by atoms with E-state index in [0.717, 1.165) is 18.5 Å². The first-order valence-electron chi connectivity index (χ1n) is 8.61. The lowest BCUT2D eigenvalue weighted by Crippen LogP contribution is -2.36. The molecular weight excluding hydrogens is 314 g/mol. The molecule has 128 valence electrons. The first-order chi connectivity index (χ1) is 12.3. The summed E-state index contributed by atoms with van der Waals surface area (Å²) in [5.41, 5.74) is 3.67. The number of nitrogens with zero attached hydrogens (tertiary/aromatic N) is 3. The van der Waals surface area contributed by atoms with Gasteiger partial charge in [0.05, 0.1) is 19.2 Å². The van der Waals surface area contributed by atoms with E-state index in [4.69, 9.17) is 4.52 Å². The number of hydrogen-bond donors (Lipinski definition) is 1. The minimum absolute atomic E-state index is 0.0191. The Morgan fingerprint density at radius 3 is 2.72 bits per heavy atom. The van der Waals surface area contributed by atoms with Crippen molar-refractivity contribution >= 4 is 0 Å². The van der Waals surface area contributed by atoms with Crippen LogP contribution in [0.5, 0.6) is 0 Å². The molecule has 1 N–H and O–H groups in total. The third-order valence-corrected chi connectivity index (χ3v) is 4.75. The van der Waals surface area contributed by atoms with Crippen LogP contribution >= 0.6 is 0 Å². The molecule has 4 rings (SSSR count). The number of fused-ring (bicyclic) bond motifs is 1. The second kappa shape index (κ2) is 7.17. The van der Waals surface area contributed by atoms with Gasteiger partial charge in [-0.3, -0.25) is 4.90 Å². The quantitative estimate of drug-likeness (QED) is 0.777. The maximum Gasteiger partial charge on any atom is 0.240 e. The smallest absolute Gasteiger partial charge is 0.240 e. The average molecular weight is 335 g/mol. The van der Waals surface area contributed by atoms with Crippen molar-refractivity contribution in [2.75, 3.05) is 13.2 Å². The second-order valence-corrected chi connectivity index (χ2v) is 6.38. The van der Waals surface area contributed by atoms with Gasteiger partial charge in [-0.05, 0) is 23.1 Å². The Hall–Kier alpha value is -2.50. The summed E-state index contributed by atoms with van der Waals surface area (Å²) in [7, 11) is 0. The van der Waals surface area contributed by atoms with E-state index in [0.29, 0.717) is 24.7 Å². The molecule has 1 aliphatic rings. The summed E-state index contributed by atoms with van der Waals surface area (Å²) in [5, 5.41) is 14.0. The summed E-state index contributed by atoms with van der Waals surface area (Å²) < 4.78 is 5.44. The van der Waals surface area contributed by atoms with Crippen LogP contribution in [0.1, 0.15) is 34.4 Å². The molecule has 0 fully saturated rings. The van der Waals surface area contributed by atoms with E-state index in [2.05, 4.69) is 45.4 Å². The summed E-state index contributed by atoms with van der Waals surface area (Å²) in [6.07, 6.45) is 1.63. The lowest BCUT2D eigenvalue weighted by atomic mass is 9.93.